The van der Waals surface area contributed by atoms with E-state index in [1.165, 1.54) is 23.9 Å². The average Bonchev–Trinajstić information content (AvgIpc) is 2.49. The maximum atomic E-state index is 11.5. The van der Waals surface area contributed by atoms with Gasteiger partial charge in [-0.1, -0.05) is 0 Å². The van der Waals surface area contributed by atoms with Gasteiger partial charge in [-0.3, -0.25) is 14.9 Å². The lowest BCUT2D eigenvalue weighted by Gasteiger charge is -2.09. The van der Waals surface area contributed by atoms with Crippen LogP contribution in [0.4, 0.5) is 5.69 Å². The monoisotopic (exact) mass is 314 g/mol. The van der Waals surface area contributed by atoms with Crippen molar-refractivity contribution >= 4 is 29.3 Å². The number of hydrogen-bond donors (Lipinski definition) is 2. The number of rotatable bonds is 7. The van der Waals surface area contributed by atoms with E-state index in [1.54, 1.807) is 12.1 Å². The second kappa shape index (κ2) is 8.22. The summed E-state index contributed by atoms with van der Waals surface area (Å²) in [6.07, 6.45) is -1.40. The molecule has 1 amide bonds. The smallest absolute Gasteiger partial charge is 0.336 e. The van der Waals surface area contributed by atoms with Gasteiger partial charge < -0.3 is 15.2 Å². The van der Waals surface area contributed by atoms with Gasteiger partial charge in [-0.05, 0) is 12.1 Å². The molecule has 1 aromatic rings. The Kier molecular flexibility index (Phi) is 6.63. The highest BCUT2D eigenvalue weighted by atomic mass is 32.2. The number of benzene rings is 1. The fourth-order valence-electron chi connectivity index (χ4n) is 1.29. The molecule has 0 fully saturated rings. The third-order valence-corrected chi connectivity index (χ3v) is 3.40. The molecule has 0 aliphatic carbocycles. The highest BCUT2D eigenvalue weighted by Gasteiger charge is 2.16. The van der Waals surface area contributed by atoms with E-state index < -0.39 is 17.0 Å². The fourth-order valence-corrected chi connectivity index (χ4v) is 2.02. The molecule has 0 aromatic heterocycles. The number of ether oxygens (including phenoxy) is 1. The molecule has 0 saturated carbocycles. The van der Waals surface area contributed by atoms with Crippen molar-refractivity contribution in [2.45, 2.75) is 11.0 Å². The predicted octanol–water partition coefficient (Wildman–Crippen LogP) is 0.337. The van der Waals surface area contributed by atoms with Crippen molar-refractivity contribution in [3.63, 3.8) is 0 Å². The summed E-state index contributed by atoms with van der Waals surface area (Å²) < 4.78 is 4.30. The number of aliphatic hydroxyl groups is 1. The van der Waals surface area contributed by atoms with Crippen molar-refractivity contribution in [1.29, 1.82) is 0 Å². The molecule has 21 heavy (non-hydrogen) atoms. The van der Waals surface area contributed by atoms with Crippen LogP contribution in [0.5, 0.6) is 0 Å². The minimum Gasteiger partial charge on any atom is -0.467 e. The molecule has 0 heterocycles. The first-order chi connectivity index (χ1) is 9.93. The van der Waals surface area contributed by atoms with Crippen LogP contribution in [-0.2, 0) is 14.3 Å². The number of carbonyl (C=O) groups excluding carboxylic acids is 2. The van der Waals surface area contributed by atoms with Crippen LogP contribution in [0, 0.1) is 10.1 Å². The van der Waals surface area contributed by atoms with E-state index in [-0.39, 0.29) is 23.9 Å². The number of nitrogens with zero attached hydrogens (tertiary/aromatic N) is 1. The maximum absolute atomic E-state index is 11.5. The number of hydrogen-bond acceptors (Lipinski definition) is 7. The molecule has 0 saturated heterocycles. The van der Waals surface area contributed by atoms with Gasteiger partial charge in [-0.2, -0.15) is 0 Å². The van der Waals surface area contributed by atoms with E-state index in [0.29, 0.717) is 4.90 Å². The molecule has 0 aliphatic rings. The second-order valence-electron chi connectivity index (χ2n) is 3.88. The van der Waals surface area contributed by atoms with Crippen LogP contribution in [0.15, 0.2) is 29.2 Å². The molecule has 0 aliphatic heterocycles. The minimum absolute atomic E-state index is 0.0231. The lowest BCUT2D eigenvalue weighted by Crippen LogP contribution is -2.37. The molecular weight excluding hydrogens is 300 g/mol. The summed E-state index contributed by atoms with van der Waals surface area (Å²) in [5.74, 6) is -1.13. The van der Waals surface area contributed by atoms with Gasteiger partial charge in [-0.25, -0.2) is 4.79 Å². The van der Waals surface area contributed by atoms with Gasteiger partial charge in [0.25, 0.3) is 5.69 Å². The minimum atomic E-state index is -1.40. The zero-order chi connectivity index (χ0) is 15.8. The number of esters is 1. The van der Waals surface area contributed by atoms with E-state index in [4.69, 9.17) is 0 Å². The van der Waals surface area contributed by atoms with Crippen molar-refractivity contribution in [3.05, 3.63) is 34.4 Å². The lowest BCUT2D eigenvalue weighted by molar-refractivity contribution is -0.384. The number of non-ortho nitro benzene ring substituents is 1. The van der Waals surface area contributed by atoms with Gasteiger partial charge in [-0.15, -0.1) is 11.8 Å². The lowest BCUT2D eigenvalue weighted by atomic mass is 10.3. The highest BCUT2D eigenvalue weighted by molar-refractivity contribution is 8.00. The highest BCUT2D eigenvalue weighted by Crippen LogP contribution is 2.20. The van der Waals surface area contributed by atoms with Crippen molar-refractivity contribution in [2.75, 3.05) is 19.4 Å². The van der Waals surface area contributed by atoms with Crippen molar-refractivity contribution in [2.24, 2.45) is 0 Å². The Bertz CT molecular complexity index is 519. The molecule has 0 radical (unpaired) electrons. The van der Waals surface area contributed by atoms with Gasteiger partial charge >= 0.3 is 5.97 Å². The maximum Gasteiger partial charge on any atom is 0.336 e. The zero-order valence-corrected chi connectivity index (χ0v) is 12.0. The molecule has 8 nitrogen and oxygen atoms in total. The summed E-state index contributed by atoms with van der Waals surface area (Å²) in [6.45, 7) is -0.230. The molecule has 1 rings (SSSR count). The number of amides is 1. The zero-order valence-electron chi connectivity index (χ0n) is 11.1. The molecule has 1 aromatic carbocycles. The van der Waals surface area contributed by atoms with Crippen LogP contribution >= 0.6 is 11.8 Å². The standard InChI is InChI=1S/C12H14N2O6S/c1-20-12(17)10(15)6-13-11(16)7-21-9-4-2-8(3-5-9)14(18)19/h2-5,10,15H,6-7H2,1H3,(H,13,16). The van der Waals surface area contributed by atoms with Crippen molar-refractivity contribution < 1.29 is 24.4 Å². The number of nitrogens with one attached hydrogen (secondary N) is 1. The summed E-state index contributed by atoms with van der Waals surface area (Å²) in [5.41, 5.74) is -0.0231. The van der Waals surface area contributed by atoms with E-state index in [0.717, 1.165) is 7.11 Å². The molecule has 9 heteroatoms. The largest absolute Gasteiger partial charge is 0.467 e. The van der Waals surface area contributed by atoms with Gasteiger partial charge in [0.1, 0.15) is 0 Å². The summed E-state index contributed by atoms with van der Waals surface area (Å²) in [5, 5.41) is 22.1. The van der Waals surface area contributed by atoms with Crippen LogP contribution < -0.4 is 5.32 Å². The Morgan fingerprint density at radius 3 is 2.57 bits per heavy atom. The Hall–Kier alpha value is -2.13. The third-order valence-electron chi connectivity index (χ3n) is 2.38. The predicted molar refractivity (Wildman–Crippen MR) is 74.9 cm³/mol. The van der Waals surface area contributed by atoms with E-state index in [9.17, 15) is 24.8 Å². The Morgan fingerprint density at radius 2 is 2.05 bits per heavy atom. The van der Waals surface area contributed by atoms with Gasteiger partial charge in [0, 0.05) is 17.0 Å². The van der Waals surface area contributed by atoms with Crippen LogP contribution in [0.25, 0.3) is 0 Å². The first kappa shape index (κ1) is 16.9. The molecule has 0 bridgehead atoms. The number of nitro benzene ring substituents is 1. The Labute approximate surface area is 124 Å². The summed E-state index contributed by atoms with van der Waals surface area (Å²) >= 11 is 1.18. The number of carbonyl (C=O) groups is 2. The number of aliphatic hydroxyl groups excluding tert-OH is 1. The first-order valence-corrected chi connectivity index (χ1v) is 6.82. The molecule has 114 valence electrons. The fraction of sp³-hybridized carbons (Fsp3) is 0.333. The second-order valence-corrected chi connectivity index (χ2v) is 4.93. The molecular formula is C12H14N2O6S. The molecule has 0 spiro atoms. The van der Waals surface area contributed by atoms with E-state index in [2.05, 4.69) is 10.1 Å². The van der Waals surface area contributed by atoms with Crippen LogP contribution in [0.2, 0.25) is 0 Å². The first-order valence-electron chi connectivity index (χ1n) is 5.84. The van der Waals surface area contributed by atoms with Gasteiger partial charge in [0.2, 0.25) is 5.91 Å². The van der Waals surface area contributed by atoms with Crippen molar-refractivity contribution in [1.82, 2.24) is 5.32 Å². The van der Waals surface area contributed by atoms with E-state index in [1.807, 2.05) is 0 Å². The molecule has 1 unspecified atom stereocenters. The third kappa shape index (κ3) is 5.79. The topological polar surface area (TPSA) is 119 Å². The number of thioether (sulfide) groups is 1. The van der Waals surface area contributed by atoms with Gasteiger partial charge in [0.05, 0.1) is 24.3 Å². The van der Waals surface area contributed by atoms with Crippen LogP contribution in [0.3, 0.4) is 0 Å². The van der Waals surface area contributed by atoms with E-state index >= 15 is 0 Å². The van der Waals surface area contributed by atoms with Crippen molar-refractivity contribution in [3.8, 4) is 0 Å². The average molecular weight is 314 g/mol. The Morgan fingerprint density at radius 1 is 1.43 bits per heavy atom. The summed E-state index contributed by atoms with van der Waals surface area (Å²) in [7, 11) is 1.14. The Balaban J connectivity index is 2.36. The normalized spacial score (nSPS) is 11.5. The summed E-state index contributed by atoms with van der Waals surface area (Å²) in [6, 6.07) is 5.78. The number of nitro groups is 1. The van der Waals surface area contributed by atoms with Crippen LogP contribution in [-0.4, -0.2) is 47.4 Å². The molecule has 2 N–H and O–H groups in total. The molecule has 1 atom stereocenters. The van der Waals surface area contributed by atoms with Crippen LogP contribution in [0.1, 0.15) is 0 Å². The SMILES string of the molecule is COC(=O)C(O)CNC(=O)CSc1ccc([N+](=O)[O-])cc1. The summed E-state index contributed by atoms with van der Waals surface area (Å²) in [4.78, 5) is 33.1. The number of methoxy groups -OCH3 is 1. The quantitative estimate of drug-likeness (QED) is 0.322. The van der Waals surface area contributed by atoms with Gasteiger partial charge in [0.15, 0.2) is 6.10 Å².